The van der Waals surface area contributed by atoms with Crippen molar-refractivity contribution in [1.82, 2.24) is 4.98 Å². The van der Waals surface area contributed by atoms with Crippen LogP contribution in [-0.2, 0) is 0 Å². The molecule has 0 aliphatic heterocycles. The topological polar surface area (TPSA) is 115 Å². The van der Waals surface area contributed by atoms with Crippen LogP contribution in [0.1, 0.15) is 21.5 Å². The van der Waals surface area contributed by atoms with Gasteiger partial charge in [-0.2, -0.15) is 0 Å². The lowest BCUT2D eigenvalue weighted by Gasteiger charge is -2.10. The molecule has 8 heteroatoms. The van der Waals surface area contributed by atoms with E-state index in [0.29, 0.717) is 27.4 Å². The number of nitro groups is 1. The molecular formula is C21H15N3O5. The summed E-state index contributed by atoms with van der Waals surface area (Å²) in [6.45, 7) is 3.24. The fourth-order valence-electron chi connectivity index (χ4n) is 3.34. The first-order chi connectivity index (χ1) is 13.9. The quantitative estimate of drug-likeness (QED) is 0.244. The third-order valence-electron chi connectivity index (χ3n) is 4.75. The summed E-state index contributed by atoms with van der Waals surface area (Å²) in [6.07, 6.45) is 0. The summed E-state index contributed by atoms with van der Waals surface area (Å²) >= 11 is 0. The van der Waals surface area contributed by atoms with Crippen LogP contribution in [0.2, 0.25) is 0 Å². The number of carbonyl (C=O) groups excluding carboxylic acids is 1. The standard InChI is InChI=1S/C21H15N3O5/c1-11-10-17(23-20(25)13-7-5-8-15(12(13)2)24(27)28)22-19-14-6-3-4-9-16(14)29-21(26)18(11)19/h3-10H,1-2H3,(H,22,23,25). The average molecular weight is 389 g/mol. The molecule has 0 saturated heterocycles. The van der Waals surface area contributed by atoms with Gasteiger partial charge in [0.2, 0.25) is 0 Å². The maximum absolute atomic E-state index is 12.7. The van der Waals surface area contributed by atoms with Crippen molar-refractivity contribution in [3.05, 3.63) is 85.8 Å². The van der Waals surface area contributed by atoms with E-state index in [1.165, 1.54) is 25.1 Å². The van der Waals surface area contributed by atoms with Crippen molar-refractivity contribution in [2.24, 2.45) is 0 Å². The van der Waals surface area contributed by atoms with Gasteiger partial charge in [-0.05, 0) is 43.7 Å². The molecule has 1 amide bonds. The van der Waals surface area contributed by atoms with E-state index in [-0.39, 0.29) is 22.6 Å². The van der Waals surface area contributed by atoms with Crippen LogP contribution in [-0.4, -0.2) is 15.8 Å². The number of aromatic nitrogens is 1. The number of fused-ring (bicyclic) bond motifs is 3. The molecule has 0 atom stereocenters. The largest absolute Gasteiger partial charge is 0.422 e. The van der Waals surface area contributed by atoms with Gasteiger partial charge in [0.05, 0.1) is 15.8 Å². The van der Waals surface area contributed by atoms with Crippen LogP contribution < -0.4 is 10.9 Å². The highest BCUT2D eigenvalue weighted by Gasteiger charge is 2.19. The van der Waals surface area contributed by atoms with Gasteiger partial charge in [-0.1, -0.05) is 18.2 Å². The first-order valence-corrected chi connectivity index (χ1v) is 8.75. The van der Waals surface area contributed by atoms with E-state index >= 15 is 0 Å². The summed E-state index contributed by atoms with van der Waals surface area (Å²) in [5, 5.41) is 14.8. The minimum atomic E-state index is -0.532. The lowest BCUT2D eigenvalue weighted by Crippen LogP contribution is -2.16. The molecule has 0 saturated carbocycles. The van der Waals surface area contributed by atoms with Gasteiger partial charge in [0, 0.05) is 22.6 Å². The molecule has 4 aromatic rings. The number of nitro benzene ring substituents is 1. The number of amides is 1. The summed E-state index contributed by atoms with van der Waals surface area (Å²) in [5.74, 6) is -0.286. The van der Waals surface area contributed by atoms with Crippen LogP contribution in [0, 0.1) is 24.0 Å². The average Bonchev–Trinajstić information content (AvgIpc) is 2.67. The smallest absolute Gasteiger partial charge is 0.346 e. The molecule has 0 fully saturated rings. The molecule has 2 heterocycles. The Labute approximate surface area is 163 Å². The van der Waals surface area contributed by atoms with Gasteiger partial charge in [-0.25, -0.2) is 9.78 Å². The van der Waals surface area contributed by atoms with Crippen molar-refractivity contribution in [1.29, 1.82) is 0 Å². The zero-order chi connectivity index (χ0) is 20.7. The molecule has 2 aromatic carbocycles. The SMILES string of the molecule is Cc1c(C(=O)Nc2cc(C)c3c(=O)oc4ccccc4c3n2)cccc1[N+](=O)[O-]. The summed E-state index contributed by atoms with van der Waals surface area (Å²) in [7, 11) is 0. The van der Waals surface area contributed by atoms with Crippen molar-refractivity contribution in [3.8, 4) is 0 Å². The van der Waals surface area contributed by atoms with E-state index in [9.17, 15) is 19.7 Å². The molecule has 0 aliphatic rings. The minimum Gasteiger partial charge on any atom is -0.422 e. The number of carbonyl (C=O) groups is 1. The molecule has 144 valence electrons. The second-order valence-corrected chi connectivity index (χ2v) is 6.59. The predicted octanol–water partition coefficient (Wildman–Crippen LogP) is 4.12. The highest BCUT2D eigenvalue weighted by atomic mass is 16.6. The number of hydrogen-bond acceptors (Lipinski definition) is 6. The van der Waals surface area contributed by atoms with E-state index < -0.39 is 16.5 Å². The fourth-order valence-corrected chi connectivity index (χ4v) is 3.34. The molecular weight excluding hydrogens is 374 g/mol. The monoisotopic (exact) mass is 389 g/mol. The van der Waals surface area contributed by atoms with Gasteiger partial charge < -0.3 is 9.73 Å². The van der Waals surface area contributed by atoms with Crippen molar-refractivity contribution < 1.29 is 14.1 Å². The number of benzene rings is 2. The van der Waals surface area contributed by atoms with Gasteiger partial charge in [0.1, 0.15) is 11.4 Å². The highest BCUT2D eigenvalue weighted by Crippen LogP contribution is 2.26. The van der Waals surface area contributed by atoms with Crippen LogP contribution >= 0.6 is 0 Å². The number of rotatable bonds is 3. The molecule has 2 aromatic heterocycles. The molecule has 29 heavy (non-hydrogen) atoms. The number of aryl methyl sites for hydroxylation is 1. The van der Waals surface area contributed by atoms with Gasteiger partial charge in [-0.3, -0.25) is 14.9 Å². The zero-order valence-electron chi connectivity index (χ0n) is 15.6. The Morgan fingerprint density at radius 1 is 1.14 bits per heavy atom. The Morgan fingerprint density at radius 3 is 2.66 bits per heavy atom. The number of pyridine rings is 1. The maximum Gasteiger partial charge on any atom is 0.346 e. The molecule has 0 aliphatic carbocycles. The maximum atomic E-state index is 12.7. The van der Waals surface area contributed by atoms with E-state index in [1.54, 1.807) is 37.3 Å². The molecule has 0 bridgehead atoms. The van der Waals surface area contributed by atoms with E-state index in [2.05, 4.69) is 10.3 Å². The van der Waals surface area contributed by atoms with Crippen molar-refractivity contribution in [3.63, 3.8) is 0 Å². The van der Waals surface area contributed by atoms with Crippen LogP contribution in [0.3, 0.4) is 0 Å². The number of para-hydroxylation sites is 1. The first kappa shape index (κ1) is 18.3. The first-order valence-electron chi connectivity index (χ1n) is 8.75. The molecule has 0 unspecified atom stereocenters. The molecule has 0 radical (unpaired) electrons. The van der Waals surface area contributed by atoms with Gasteiger partial charge in [0.25, 0.3) is 11.6 Å². The lowest BCUT2D eigenvalue weighted by atomic mass is 10.1. The van der Waals surface area contributed by atoms with E-state index in [1.807, 2.05) is 0 Å². The van der Waals surface area contributed by atoms with Crippen LogP contribution in [0.4, 0.5) is 11.5 Å². The molecule has 8 nitrogen and oxygen atoms in total. The summed E-state index contributed by atoms with van der Waals surface area (Å²) in [5.41, 5.74) is 1.22. The second kappa shape index (κ2) is 6.83. The van der Waals surface area contributed by atoms with Gasteiger partial charge >= 0.3 is 5.63 Å². The Balaban J connectivity index is 1.83. The zero-order valence-corrected chi connectivity index (χ0v) is 15.6. The normalized spacial score (nSPS) is 11.0. The summed E-state index contributed by atoms with van der Waals surface area (Å²) < 4.78 is 5.35. The fraction of sp³-hybridized carbons (Fsp3) is 0.0952. The highest BCUT2D eigenvalue weighted by molar-refractivity contribution is 6.07. The predicted molar refractivity (Wildman–Crippen MR) is 108 cm³/mol. The van der Waals surface area contributed by atoms with Crippen LogP contribution in [0.25, 0.3) is 21.9 Å². The third-order valence-corrected chi connectivity index (χ3v) is 4.75. The minimum absolute atomic E-state index is 0.135. The Bertz CT molecular complexity index is 1370. The van der Waals surface area contributed by atoms with Crippen LogP contribution in [0.15, 0.2) is 57.7 Å². The third kappa shape index (κ3) is 3.10. The number of hydrogen-bond donors (Lipinski definition) is 1. The summed E-state index contributed by atoms with van der Waals surface area (Å²) in [6, 6.07) is 12.9. The molecule has 1 N–H and O–H groups in total. The second-order valence-electron chi connectivity index (χ2n) is 6.59. The number of nitrogens with one attached hydrogen (secondary N) is 1. The van der Waals surface area contributed by atoms with Crippen molar-refractivity contribution in [2.45, 2.75) is 13.8 Å². The van der Waals surface area contributed by atoms with Gasteiger partial charge in [-0.15, -0.1) is 0 Å². The van der Waals surface area contributed by atoms with Crippen molar-refractivity contribution in [2.75, 3.05) is 5.32 Å². The summed E-state index contributed by atoms with van der Waals surface area (Å²) in [4.78, 5) is 40.1. The Hall–Kier alpha value is -4.07. The van der Waals surface area contributed by atoms with Crippen LogP contribution in [0.5, 0.6) is 0 Å². The molecule has 4 rings (SSSR count). The Morgan fingerprint density at radius 2 is 1.90 bits per heavy atom. The van der Waals surface area contributed by atoms with E-state index in [4.69, 9.17) is 4.42 Å². The van der Waals surface area contributed by atoms with Gasteiger partial charge in [0.15, 0.2) is 0 Å². The number of anilines is 1. The molecule has 0 spiro atoms. The lowest BCUT2D eigenvalue weighted by molar-refractivity contribution is -0.385. The van der Waals surface area contributed by atoms with E-state index in [0.717, 1.165) is 0 Å². The Kier molecular flexibility index (Phi) is 4.31. The number of nitrogens with zero attached hydrogens (tertiary/aromatic N) is 2. The van der Waals surface area contributed by atoms with Crippen molar-refractivity contribution >= 4 is 39.3 Å².